The van der Waals surface area contributed by atoms with Crippen LogP contribution >= 0.6 is 22.6 Å². The van der Waals surface area contributed by atoms with Gasteiger partial charge in [-0.3, -0.25) is 29.1 Å². The maximum absolute atomic E-state index is 12.1. The van der Waals surface area contributed by atoms with Crippen LogP contribution in [0.4, 0.5) is 11.4 Å². The van der Waals surface area contributed by atoms with Gasteiger partial charge in [-0.1, -0.05) is 0 Å². The zero-order valence-corrected chi connectivity index (χ0v) is 14.2. The van der Waals surface area contributed by atoms with Crippen molar-refractivity contribution >= 4 is 45.8 Å². The van der Waals surface area contributed by atoms with Gasteiger partial charge in [-0.2, -0.15) is 0 Å². The summed E-state index contributed by atoms with van der Waals surface area (Å²) < 4.78 is 1.76. The predicted octanol–water partition coefficient (Wildman–Crippen LogP) is 1.10. The number of nitro groups is 1. The summed E-state index contributed by atoms with van der Waals surface area (Å²) in [6, 6.07) is 7.69. The third kappa shape index (κ3) is 4.16. The lowest BCUT2D eigenvalue weighted by molar-refractivity contribution is -0.385. The maximum Gasteiger partial charge on any atom is 0.286 e. The molecule has 2 rings (SSSR count). The summed E-state index contributed by atoms with van der Waals surface area (Å²) in [5.41, 5.74) is 3.63. The Bertz CT molecular complexity index is 876. The van der Waals surface area contributed by atoms with Crippen LogP contribution in [0, 0.1) is 13.7 Å². The molecule has 0 bridgehead atoms. The van der Waals surface area contributed by atoms with E-state index >= 15 is 0 Å². The van der Waals surface area contributed by atoms with Crippen molar-refractivity contribution in [1.29, 1.82) is 0 Å². The molecule has 1 aromatic carbocycles. The number of nitrogens with one attached hydrogen (secondary N) is 1. The molecule has 0 aliphatic carbocycles. The van der Waals surface area contributed by atoms with Crippen LogP contribution in [0.5, 0.6) is 0 Å². The van der Waals surface area contributed by atoms with Crippen molar-refractivity contribution < 1.29 is 14.5 Å². The maximum atomic E-state index is 12.1. The number of benzene rings is 1. The van der Waals surface area contributed by atoms with Gasteiger partial charge in [-0.05, 0) is 46.9 Å². The minimum Gasteiger partial charge on any atom is -0.365 e. The molecule has 1 heterocycles. The van der Waals surface area contributed by atoms with Crippen molar-refractivity contribution in [2.24, 2.45) is 5.73 Å². The van der Waals surface area contributed by atoms with Gasteiger partial charge in [0.2, 0.25) is 5.91 Å². The average molecular weight is 442 g/mol. The summed E-state index contributed by atoms with van der Waals surface area (Å²) in [5.74, 6) is -1.68. The third-order valence-electron chi connectivity index (χ3n) is 2.99. The second kappa shape index (κ2) is 7.21. The van der Waals surface area contributed by atoms with Crippen LogP contribution in [0.2, 0.25) is 0 Å². The van der Waals surface area contributed by atoms with Crippen molar-refractivity contribution in [2.75, 3.05) is 5.32 Å². The van der Waals surface area contributed by atoms with Crippen molar-refractivity contribution in [3.05, 3.63) is 66.1 Å². The Morgan fingerprint density at radius 2 is 1.92 bits per heavy atom. The lowest BCUT2D eigenvalue weighted by atomic mass is 10.2. The molecule has 0 unspecified atom stereocenters. The molecule has 0 fully saturated rings. The standard InChI is InChI=1S/C14H11IN4O5/c15-8-1-3-9(4-2-8)17-12(20)7-18-6-10(19(23)24)5-11(13(16)21)14(18)22/h1-6H,7H2,(H2,16,21)(H,17,20). The van der Waals surface area contributed by atoms with Crippen LogP contribution in [-0.4, -0.2) is 21.3 Å². The van der Waals surface area contributed by atoms with E-state index < -0.39 is 40.1 Å². The van der Waals surface area contributed by atoms with Crippen molar-refractivity contribution in [2.45, 2.75) is 6.54 Å². The molecule has 0 radical (unpaired) electrons. The first-order valence-corrected chi connectivity index (χ1v) is 7.60. The molecule has 2 aromatic rings. The van der Waals surface area contributed by atoms with E-state index in [1.807, 2.05) is 0 Å². The first-order valence-electron chi connectivity index (χ1n) is 6.52. The van der Waals surface area contributed by atoms with Crippen LogP contribution in [0.1, 0.15) is 10.4 Å². The fraction of sp³-hybridized carbons (Fsp3) is 0.0714. The van der Waals surface area contributed by atoms with Crippen LogP contribution in [0.3, 0.4) is 0 Å². The number of carbonyl (C=O) groups is 2. The van der Waals surface area contributed by atoms with Crippen LogP contribution < -0.4 is 16.6 Å². The van der Waals surface area contributed by atoms with E-state index in [0.717, 1.165) is 20.4 Å². The molecule has 0 saturated carbocycles. The number of primary amides is 1. The highest BCUT2D eigenvalue weighted by molar-refractivity contribution is 14.1. The zero-order valence-electron chi connectivity index (χ0n) is 12.1. The number of hydrogen-bond acceptors (Lipinski definition) is 5. The first-order chi connectivity index (χ1) is 11.3. The molecule has 3 N–H and O–H groups in total. The molecule has 0 aliphatic heterocycles. The first kappa shape index (κ1) is 17.6. The Morgan fingerprint density at radius 1 is 1.29 bits per heavy atom. The summed E-state index contributed by atoms with van der Waals surface area (Å²) in [4.78, 5) is 45.4. The summed E-state index contributed by atoms with van der Waals surface area (Å²) in [6.07, 6.45) is 0.891. The van der Waals surface area contributed by atoms with E-state index in [4.69, 9.17) is 5.73 Å². The van der Waals surface area contributed by atoms with E-state index in [0.29, 0.717) is 5.69 Å². The van der Waals surface area contributed by atoms with E-state index in [1.54, 1.807) is 24.3 Å². The topological polar surface area (TPSA) is 137 Å². The highest BCUT2D eigenvalue weighted by atomic mass is 127. The number of aromatic nitrogens is 1. The highest BCUT2D eigenvalue weighted by Crippen LogP contribution is 2.12. The van der Waals surface area contributed by atoms with Gasteiger partial charge in [0.1, 0.15) is 12.1 Å². The summed E-state index contributed by atoms with van der Waals surface area (Å²) >= 11 is 2.11. The van der Waals surface area contributed by atoms with E-state index in [9.17, 15) is 24.5 Å². The van der Waals surface area contributed by atoms with Gasteiger partial charge < -0.3 is 11.1 Å². The van der Waals surface area contributed by atoms with E-state index in [-0.39, 0.29) is 0 Å². The molecule has 1 aromatic heterocycles. The van der Waals surface area contributed by atoms with Gasteiger partial charge in [-0.15, -0.1) is 0 Å². The number of amides is 2. The van der Waals surface area contributed by atoms with Crippen molar-refractivity contribution in [1.82, 2.24) is 4.57 Å². The molecule has 2 amide bonds. The number of halogens is 1. The smallest absolute Gasteiger partial charge is 0.286 e. The largest absolute Gasteiger partial charge is 0.365 e. The number of nitrogens with zero attached hydrogens (tertiary/aromatic N) is 2. The van der Waals surface area contributed by atoms with Gasteiger partial charge in [0.05, 0.1) is 11.1 Å². The number of rotatable bonds is 5. The molecule has 0 saturated heterocycles. The van der Waals surface area contributed by atoms with E-state index in [1.165, 1.54) is 0 Å². The molecule has 24 heavy (non-hydrogen) atoms. The number of carbonyl (C=O) groups excluding carboxylic acids is 2. The van der Waals surface area contributed by atoms with Gasteiger partial charge in [0, 0.05) is 15.3 Å². The molecular weight excluding hydrogens is 431 g/mol. The lowest BCUT2D eigenvalue weighted by Crippen LogP contribution is -2.33. The number of pyridine rings is 1. The fourth-order valence-electron chi connectivity index (χ4n) is 1.90. The summed E-state index contributed by atoms with van der Waals surface area (Å²) in [6.45, 7) is -0.493. The van der Waals surface area contributed by atoms with Gasteiger partial charge in [-0.25, -0.2) is 0 Å². The number of hydrogen-bond donors (Lipinski definition) is 2. The molecule has 124 valence electrons. The van der Waals surface area contributed by atoms with E-state index in [2.05, 4.69) is 27.9 Å². The fourth-order valence-corrected chi connectivity index (χ4v) is 2.26. The van der Waals surface area contributed by atoms with Crippen LogP contribution in [0.25, 0.3) is 0 Å². The lowest BCUT2D eigenvalue weighted by Gasteiger charge is -2.08. The van der Waals surface area contributed by atoms with Gasteiger partial charge in [0.15, 0.2) is 0 Å². The quantitative estimate of drug-likeness (QED) is 0.406. The molecule has 0 aliphatic rings. The summed E-state index contributed by atoms with van der Waals surface area (Å²) in [7, 11) is 0. The minimum absolute atomic E-state index is 0.493. The highest BCUT2D eigenvalue weighted by Gasteiger charge is 2.18. The van der Waals surface area contributed by atoms with Crippen LogP contribution in [0.15, 0.2) is 41.3 Å². The number of nitrogens with two attached hydrogens (primary N) is 1. The Labute approximate surface area is 148 Å². The number of anilines is 1. The zero-order chi connectivity index (χ0) is 17.9. The SMILES string of the molecule is NC(=O)c1cc([N+](=O)[O-])cn(CC(=O)Nc2ccc(I)cc2)c1=O. The average Bonchev–Trinajstić information content (AvgIpc) is 2.51. The van der Waals surface area contributed by atoms with Crippen molar-refractivity contribution in [3.8, 4) is 0 Å². The second-order valence-corrected chi connectivity index (χ2v) is 5.97. The Balaban J connectivity index is 2.29. The second-order valence-electron chi connectivity index (χ2n) is 4.72. The Kier molecular flexibility index (Phi) is 5.28. The monoisotopic (exact) mass is 442 g/mol. The Hall–Kier alpha value is -2.76. The summed E-state index contributed by atoms with van der Waals surface area (Å²) in [5, 5.41) is 13.4. The molecule has 0 spiro atoms. The minimum atomic E-state index is -1.10. The molecule has 0 atom stereocenters. The molecular formula is C14H11IN4O5. The normalized spacial score (nSPS) is 10.2. The van der Waals surface area contributed by atoms with Gasteiger partial charge >= 0.3 is 0 Å². The Morgan fingerprint density at radius 3 is 2.46 bits per heavy atom. The third-order valence-corrected chi connectivity index (χ3v) is 3.71. The van der Waals surface area contributed by atoms with Crippen molar-refractivity contribution in [3.63, 3.8) is 0 Å². The van der Waals surface area contributed by atoms with Crippen LogP contribution in [-0.2, 0) is 11.3 Å². The predicted molar refractivity (Wildman–Crippen MR) is 93.7 cm³/mol. The molecule has 9 nitrogen and oxygen atoms in total. The van der Waals surface area contributed by atoms with Gasteiger partial charge in [0.25, 0.3) is 17.2 Å². The molecule has 10 heteroatoms.